The first kappa shape index (κ1) is 18.7. The minimum atomic E-state index is -0.651. The number of benzene rings is 1. The lowest BCUT2D eigenvalue weighted by Gasteiger charge is -2.26. The quantitative estimate of drug-likeness (QED) is 0.770. The van der Waals surface area contributed by atoms with Crippen LogP contribution in [0.4, 0.5) is 4.79 Å². The normalized spacial score (nSPS) is 18.3. The Morgan fingerprint density at radius 1 is 1.14 bits per heavy atom. The first-order valence-corrected chi connectivity index (χ1v) is 8.97. The monoisotopic (exact) mass is 399 g/mol. The van der Waals surface area contributed by atoms with Crippen LogP contribution in [0.1, 0.15) is 17.4 Å². The second-order valence-electron chi connectivity index (χ2n) is 6.62. The number of carbonyl (C=O) groups is 2. The fourth-order valence-electron chi connectivity index (χ4n) is 3.66. The van der Waals surface area contributed by atoms with E-state index in [1.54, 1.807) is 35.4 Å². The summed E-state index contributed by atoms with van der Waals surface area (Å²) in [4.78, 5) is 27.0. The predicted molar refractivity (Wildman–Crippen MR) is 102 cm³/mol. The molecule has 1 atom stereocenters. The number of amides is 3. The van der Waals surface area contributed by atoms with Crippen LogP contribution in [0.5, 0.6) is 17.2 Å². The molecule has 0 aliphatic carbocycles. The highest BCUT2D eigenvalue weighted by Gasteiger charge is 2.41. The first-order valence-electron chi connectivity index (χ1n) is 8.97. The zero-order chi connectivity index (χ0) is 20.5. The van der Waals surface area contributed by atoms with E-state index in [4.69, 9.17) is 18.6 Å². The molecule has 0 bridgehead atoms. The summed E-state index contributed by atoms with van der Waals surface area (Å²) in [6, 6.07) is 6.00. The smallest absolute Gasteiger partial charge is 0.319 e. The Balaban J connectivity index is 1.71. The molecule has 4 rings (SSSR count). The molecule has 0 fully saturated rings. The average molecular weight is 399 g/mol. The van der Waals surface area contributed by atoms with Gasteiger partial charge in [0, 0.05) is 0 Å². The molecule has 3 amide bonds. The zero-order valence-corrected chi connectivity index (χ0v) is 16.3. The number of nitrogens with zero attached hydrogens (tertiary/aromatic N) is 1. The topological polar surface area (TPSA) is 102 Å². The number of rotatable bonds is 6. The maximum Gasteiger partial charge on any atom is 0.319 e. The molecular formula is C20H21N3O6. The third-order valence-electron chi connectivity index (χ3n) is 4.97. The van der Waals surface area contributed by atoms with E-state index in [1.807, 2.05) is 0 Å². The average Bonchev–Trinajstić information content (AvgIpc) is 3.34. The molecule has 2 aliphatic heterocycles. The summed E-state index contributed by atoms with van der Waals surface area (Å²) in [6.45, 7) is 0.611. The number of methoxy groups -OCH3 is 3. The Morgan fingerprint density at radius 2 is 1.86 bits per heavy atom. The number of hydrogen-bond donors (Lipinski definition) is 2. The number of hydrogen-bond acceptors (Lipinski definition) is 6. The predicted octanol–water partition coefficient (Wildman–Crippen LogP) is 1.96. The first-order chi connectivity index (χ1) is 14.0. The van der Waals surface area contributed by atoms with Crippen LogP contribution in [-0.2, 0) is 11.3 Å². The van der Waals surface area contributed by atoms with Crippen molar-refractivity contribution in [2.75, 3.05) is 27.9 Å². The molecule has 2 aliphatic rings. The molecular weight excluding hydrogens is 378 g/mol. The molecule has 9 nitrogen and oxygen atoms in total. The molecule has 9 heteroatoms. The lowest BCUT2D eigenvalue weighted by atomic mass is 9.95. The summed E-state index contributed by atoms with van der Waals surface area (Å²) in [6.07, 6.45) is 1.56. The van der Waals surface area contributed by atoms with Crippen molar-refractivity contribution in [1.29, 1.82) is 0 Å². The van der Waals surface area contributed by atoms with Crippen LogP contribution in [0.3, 0.4) is 0 Å². The Hall–Kier alpha value is -3.62. The Kier molecular flexibility index (Phi) is 4.79. The van der Waals surface area contributed by atoms with Gasteiger partial charge in [0.1, 0.15) is 5.76 Å². The minimum absolute atomic E-state index is 0.178. The molecule has 2 N–H and O–H groups in total. The molecule has 1 aromatic heterocycles. The lowest BCUT2D eigenvalue weighted by molar-refractivity contribution is -0.126. The summed E-state index contributed by atoms with van der Waals surface area (Å²) in [5.74, 6) is 1.80. The van der Waals surface area contributed by atoms with Crippen molar-refractivity contribution < 1.29 is 28.2 Å². The van der Waals surface area contributed by atoms with Crippen LogP contribution in [0.25, 0.3) is 0 Å². The summed E-state index contributed by atoms with van der Waals surface area (Å²) in [7, 11) is 4.54. The van der Waals surface area contributed by atoms with Crippen LogP contribution in [0.2, 0.25) is 0 Å². The van der Waals surface area contributed by atoms with Gasteiger partial charge in [0.2, 0.25) is 5.75 Å². The fraction of sp³-hybridized carbons (Fsp3) is 0.300. The van der Waals surface area contributed by atoms with Crippen molar-refractivity contribution in [2.45, 2.75) is 12.6 Å². The fourth-order valence-corrected chi connectivity index (χ4v) is 3.66. The molecule has 0 saturated carbocycles. The van der Waals surface area contributed by atoms with Crippen molar-refractivity contribution in [3.8, 4) is 17.2 Å². The number of furan rings is 1. The molecule has 0 saturated heterocycles. The number of ether oxygens (including phenoxy) is 3. The number of nitrogens with one attached hydrogen (secondary N) is 2. The Morgan fingerprint density at radius 3 is 2.45 bits per heavy atom. The van der Waals surface area contributed by atoms with Gasteiger partial charge in [-0.2, -0.15) is 0 Å². The van der Waals surface area contributed by atoms with Crippen molar-refractivity contribution in [3.05, 3.63) is 53.1 Å². The molecule has 29 heavy (non-hydrogen) atoms. The maximum absolute atomic E-state index is 13.1. The van der Waals surface area contributed by atoms with E-state index in [2.05, 4.69) is 10.6 Å². The van der Waals surface area contributed by atoms with Crippen molar-refractivity contribution in [2.24, 2.45) is 0 Å². The van der Waals surface area contributed by atoms with Gasteiger partial charge in [-0.05, 0) is 29.8 Å². The summed E-state index contributed by atoms with van der Waals surface area (Å²) in [5.41, 5.74) is 1.70. The highest BCUT2D eigenvalue weighted by molar-refractivity contribution is 6.01. The molecule has 2 aromatic rings. The Bertz CT molecular complexity index is 957. The minimum Gasteiger partial charge on any atom is -0.493 e. The molecule has 3 heterocycles. The second kappa shape index (κ2) is 7.42. The third kappa shape index (κ3) is 3.24. The number of urea groups is 1. The van der Waals surface area contributed by atoms with Crippen LogP contribution < -0.4 is 24.8 Å². The molecule has 1 aromatic carbocycles. The largest absolute Gasteiger partial charge is 0.493 e. The van der Waals surface area contributed by atoms with Gasteiger partial charge in [-0.3, -0.25) is 4.79 Å². The van der Waals surface area contributed by atoms with Crippen LogP contribution >= 0.6 is 0 Å². The summed E-state index contributed by atoms with van der Waals surface area (Å²) >= 11 is 0. The van der Waals surface area contributed by atoms with Crippen molar-refractivity contribution in [1.82, 2.24) is 15.5 Å². The second-order valence-corrected chi connectivity index (χ2v) is 6.62. The summed E-state index contributed by atoms with van der Waals surface area (Å²) in [5, 5.41) is 5.57. The van der Waals surface area contributed by atoms with E-state index in [9.17, 15) is 9.59 Å². The van der Waals surface area contributed by atoms with Crippen LogP contribution in [-0.4, -0.2) is 44.7 Å². The highest BCUT2D eigenvalue weighted by Crippen LogP contribution is 2.42. The van der Waals surface area contributed by atoms with E-state index in [0.717, 1.165) is 0 Å². The van der Waals surface area contributed by atoms with E-state index in [0.29, 0.717) is 52.9 Å². The van der Waals surface area contributed by atoms with E-state index >= 15 is 0 Å². The van der Waals surface area contributed by atoms with Gasteiger partial charge in [-0.1, -0.05) is 0 Å². The molecule has 0 radical (unpaired) electrons. The number of carbonyl (C=O) groups excluding carboxylic acids is 2. The van der Waals surface area contributed by atoms with Crippen LogP contribution in [0.15, 0.2) is 46.2 Å². The molecule has 1 unspecified atom stereocenters. The van der Waals surface area contributed by atoms with Gasteiger partial charge in [-0.25, -0.2) is 4.79 Å². The van der Waals surface area contributed by atoms with E-state index in [1.165, 1.54) is 21.3 Å². The van der Waals surface area contributed by atoms with Gasteiger partial charge in [0.05, 0.1) is 58.0 Å². The third-order valence-corrected chi connectivity index (χ3v) is 4.97. The Labute approximate surface area is 167 Å². The summed E-state index contributed by atoms with van der Waals surface area (Å²) < 4.78 is 21.5. The van der Waals surface area contributed by atoms with Crippen molar-refractivity contribution >= 4 is 11.9 Å². The zero-order valence-electron chi connectivity index (χ0n) is 16.3. The van der Waals surface area contributed by atoms with Gasteiger partial charge in [0.25, 0.3) is 5.91 Å². The van der Waals surface area contributed by atoms with Crippen molar-refractivity contribution in [3.63, 3.8) is 0 Å². The van der Waals surface area contributed by atoms with Gasteiger partial charge < -0.3 is 34.2 Å². The molecule has 152 valence electrons. The van der Waals surface area contributed by atoms with E-state index in [-0.39, 0.29) is 11.9 Å². The molecule has 0 spiro atoms. The standard InChI is InChI=1S/C20H21N3O6/c1-26-14-7-11(8-15(27-2)18(14)28-3)17-16-13(21-20(25)22-17)10-23(19(16)24)9-12-5-4-6-29-12/h4-8,17H,9-10H2,1-3H3,(H2,21,22,25). The van der Waals surface area contributed by atoms with Crippen LogP contribution in [0, 0.1) is 0 Å². The SMILES string of the molecule is COc1cc(C2NC(=O)NC3=C2C(=O)N(Cc2ccco2)C3)cc(OC)c1OC. The highest BCUT2D eigenvalue weighted by atomic mass is 16.5. The van der Waals surface area contributed by atoms with Gasteiger partial charge >= 0.3 is 6.03 Å². The van der Waals surface area contributed by atoms with Gasteiger partial charge in [0.15, 0.2) is 11.5 Å². The van der Waals surface area contributed by atoms with E-state index < -0.39 is 6.04 Å². The lowest BCUT2D eigenvalue weighted by Crippen LogP contribution is -2.44. The maximum atomic E-state index is 13.1. The van der Waals surface area contributed by atoms with Gasteiger partial charge in [-0.15, -0.1) is 0 Å².